The van der Waals surface area contributed by atoms with Gasteiger partial charge in [0.25, 0.3) is 5.56 Å². The molecule has 0 unspecified atom stereocenters. The number of hydrogen-bond donors (Lipinski definition) is 1. The zero-order chi connectivity index (χ0) is 15.1. The van der Waals surface area contributed by atoms with Crippen LogP contribution in [-0.2, 0) is 7.05 Å². The van der Waals surface area contributed by atoms with Gasteiger partial charge in [-0.25, -0.2) is 4.98 Å². The van der Waals surface area contributed by atoms with Crippen molar-refractivity contribution >= 4 is 5.95 Å². The predicted octanol–water partition coefficient (Wildman–Crippen LogP) is 2.83. The molecule has 0 aliphatic heterocycles. The largest absolute Gasteiger partial charge is 0.356 e. The predicted molar refractivity (Wildman–Crippen MR) is 85.3 cm³/mol. The zero-order valence-electron chi connectivity index (χ0n) is 12.7. The first-order chi connectivity index (χ1) is 10.2. The van der Waals surface area contributed by atoms with Gasteiger partial charge in [-0.15, -0.1) is 0 Å². The van der Waals surface area contributed by atoms with Crippen LogP contribution in [0.25, 0.3) is 11.3 Å². The van der Waals surface area contributed by atoms with Gasteiger partial charge in [0, 0.05) is 37.6 Å². The van der Waals surface area contributed by atoms with E-state index >= 15 is 0 Å². The summed E-state index contributed by atoms with van der Waals surface area (Å²) in [5, 5.41) is 3.26. The number of hydrogen-bond acceptors (Lipinski definition) is 4. The van der Waals surface area contributed by atoms with E-state index in [-0.39, 0.29) is 5.56 Å². The number of pyridine rings is 1. The van der Waals surface area contributed by atoms with Crippen molar-refractivity contribution in [2.24, 2.45) is 7.05 Å². The fourth-order valence-corrected chi connectivity index (χ4v) is 2.12. The highest BCUT2D eigenvalue weighted by atomic mass is 16.1. The summed E-state index contributed by atoms with van der Waals surface area (Å²) in [6.45, 7) is 3.02. The second-order valence-corrected chi connectivity index (χ2v) is 5.09. The molecule has 0 fully saturated rings. The summed E-state index contributed by atoms with van der Waals surface area (Å²) in [5.74, 6) is 0.616. The topological polar surface area (TPSA) is 59.8 Å². The highest BCUT2D eigenvalue weighted by Crippen LogP contribution is 2.15. The van der Waals surface area contributed by atoms with Crippen LogP contribution >= 0.6 is 0 Å². The van der Waals surface area contributed by atoms with Gasteiger partial charge < -0.3 is 5.32 Å². The van der Waals surface area contributed by atoms with Crippen LogP contribution in [0.2, 0.25) is 0 Å². The standard InChI is InChI=1S/C16H22N4O/c1-3-4-5-6-9-18-16-19-14(12-15(21)20(16)2)13-7-10-17-11-8-13/h7-8,10-12H,3-6,9H2,1-2H3,(H,18,19). The Morgan fingerprint density at radius 3 is 2.67 bits per heavy atom. The Labute approximate surface area is 125 Å². The molecule has 0 aliphatic carbocycles. The molecule has 2 aromatic rings. The average molecular weight is 286 g/mol. The average Bonchev–Trinajstić information content (AvgIpc) is 2.51. The number of anilines is 1. The van der Waals surface area contributed by atoms with Crippen LogP contribution in [0.5, 0.6) is 0 Å². The third kappa shape index (κ3) is 4.15. The molecule has 0 aliphatic rings. The highest BCUT2D eigenvalue weighted by Gasteiger charge is 2.07. The first-order valence-corrected chi connectivity index (χ1v) is 7.44. The molecule has 0 atom stereocenters. The molecule has 2 heterocycles. The van der Waals surface area contributed by atoms with Gasteiger partial charge in [0.1, 0.15) is 0 Å². The van der Waals surface area contributed by atoms with Gasteiger partial charge in [-0.05, 0) is 18.6 Å². The first kappa shape index (κ1) is 15.2. The third-order valence-corrected chi connectivity index (χ3v) is 3.42. The van der Waals surface area contributed by atoms with E-state index in [0.29, 0.717) is 11.6 Å². The zero-order valence-corrected chi connectivity index (χ0v) is 12.7. The van der Waals surface area contributed by atoms with E-state index in [2.05, 4.69) is 22.2 Å². The fourth-order valence-electron chi connectivity index (χ4n) is 2.12. The van der Waals surface area contributed by atoms with Crippen molar-refractivity contribution in [3.8, 4) is 11.3 Å². The lowest BCUT2D eigenvalue weighted by atomic mass is 10.2. The van der Waals surface area contributed by atoms with Crippen molar-refractivity contribution < 1.29 is 0 Å². The van der Waals surface area contributed by atoms with Crippen LogP contribution in [0, 0.1) is 0 Å². The molecule has 2 rings (SSSR count). The molecule has 21 heavy (non-hydrogen) atoms. The molecular formula is C16H22N4O. The lowest BCUT2D eigenvalue weighted by Gasteiger charge is -2.11. The van der Waals surface area contributed by atoms with E-state index in [4.69, 9.17) is 0 Å². The maximum atomic E-state index is 12.0. The number of rotatable bonds is 7. The molecule has 0 saturated heterocycles. The van der Waals surface area contributed by atoms with Gasteiger partial charge in [0.05, 0.1) is 5.69 Å². The smallest absolute Gasteiger partial charge is 0.255 e. The monoisotopic (exact) mass is 286 g/mol. The van der Waals surface area contributed by atoms with Gasteiger partial charge in [-0.2, -0.15) is 0 Å². The van der Waals surface area contributed by atoms with E-state index in [1.165, 1.54) is 19.3 Å². The van der Waals surface area contributed by atoms with Crippen LogP contribution in [0.1, 0.15) is 32.6 Å². The van der Waals surface area contributed by atoms with Gasteiger partial charge in [0.2, 0.25) is 5.95 Å². The minimum Gasteiger partial charge on any atom is -0.356 e. The Bertz CT molecular complexity index is 622. The maximum absolute atomic E-state index is 12.0. The molecule has 0 amide bonds. The summed E-state index contributed by atoms with van der Waals surface area (Å²) in [6, 6.07) is 5.26. The number of aromatic nitrogens is 3. The van der Waals surface area contributed by atoms with E-state index in [1.807, 2.05) is 12.1 Å². The van der Waals surface area contributed by atoms with Crippen LogP contribution in [0.3, 0.4) is 0 Å². The second kappa shape index (κ2) is 7.57. The molecule has 1 N–H and O–H groups in total. The van der Waals surface area contributed by atoms with E-state index in [0.717, 1.165) is 18.5 Å². The van der Waals surface area contributed by atoms with Gasteiger partial charge >= 0.3 is 0 Å². The quantitative estimate of drug-likeness (QED) is 0.795. The van der Waals surface area contributed by atoms with Crippen molar-refractivity contribution in [3.05, 3.63) is 40.9 Å². The van der Waals surface area contributed by atoms with Crippen molar-refractivity contribution in [3.63, 3.8) is 0 Å². The molecule has 0 radical (unpaired) electrons. The fraction of sp³-hybridized carbons (Fsp3) is 0.438. The van der Waals surface area contributed by atoms with E-state index in [1.54, 1.807) is 30.1 Å². The highest BCUT2D eigenvalue weighted by molar-refractivity contribution is 5.59. The van der Waals surface area contributed by atoms with Crippen LogP contribution in [0.15, 0.2) is 35.4 Å². The third-order valence-electron chi connectivity index (χ3n) is 3.42. The molecular weight excluding hydrogens is 264 g/mol. The summed E-state index contributed by atoms with van der Waals surface area (Å²) < 4.78 is 1.55. The molecule has 0 bridgehead atoms. The number of unbranched alkanes of at least 4 members (excludes halogenated alkanes) is 3. The van der Waals surface area contributed by atoms with Crippen molar-refractivity contribution in [2.45, 2.75) is 32.6 Å². The Balaban J connectivity index is 2.14. The molecule has 2 aromatic heterocycles. The van der Waals surface area contributed by atoms with Crippen molar-refractivity contribution in [1.29, 1.82) is 0 Å². The number of nitrogens with one attached hydrogen (secondary N) is 1. The Morgan fingerprint density at radius 2 is 1.95 bits per heavy atom. The van der Waals surface area contributed by atoms with Gasteiger partial charge in [0.15, 0.2) is 0 Å². The summed E-state index contributed by atoms with van der Waals surface area (Å²) in [7, 11) is 1.74. The van der Waals surface area contributed by atoms with Gasteiger partial charge in [-0.3, -0.25) is 14.3 Å². The molecule has 112 valence electrons. The minimum absolute atomic E-state index is 0.0622. The molecule has 5 nitrogen and oxygen atoms in total. The number of nitrogens with zero attached hydrogens (tertiary/aromatic N) is 3. The second-order valence-electron chi connectivity index (χ2n) is 5.09. The Morgan fingerprint density at radius 1 is 1.19 bits per heavy atom. The van der Waals surface area contributed by atoms with Crippen LogP contribution in [-0.4, -0.2) is 21.1 Å². The van der Waals surface area contributed by atoms with E-state index < -0.39 is 0 Å². The first-order valence-electron chi connectivity index (χ1n) is 7.44. The normalized spacial score (nSPS) is 10.6. The van der Waals surface area contributed by atoms with Gasteiger partial charge in [-0.1, -0.05) is 26.2 Å². The van der Waals surface area contributed by atoms with E-state index in [9.17, 15) is 4.79 Å². The lowest BCUT2D eigenvalue weighted by molar-refractivity contribution is 0.679. The Hall–Kier alpha value is -2.17. The van der Waals surface area contributed by atoms with Crippen LogP contribution < -0.4 is 10.9 Å². The summed E-state index contributed by atoms with van der Waals surface area (Å²) >= 11 is 0. The molecule has 5 heteroatoms. The maximum Gasteiger partial charge on any atom is 0.255 e. The summed E-state index contributed by atoms with van der Waals surface area (Å²) in [6.07, 6.45) is 8.14. The lowest BCUT2D eigenvalue weighted by Crippen LogP contribution is -2.22. The van der Waals surface area contributed by atoms with Crippen molar-refractivity contribution in [2.75, 3.05) is 11.9 Å². The summed E-state index contributed by atoms with van der Waals surface area (Å²) in [5.41, 5.74) is 1.51. The SMILES string of the molecule is CCCCCCNc1nc(-c2ccncc2)cc(=O)n1C. The van der Waals surface area contributed by atoms with Crippen molar-refractivity contribution in [1.82, 2.24) is 14.5 Å². The molecule has 0 aromatic carbocycles. The Kier molecular flexibility index (Phi) is 5.49. The van der Waals surface area contributed by atoms with Crippen LogP contribution in [0.4, 0.5) is 5.95 Å². The molecule has 0 saturated carbocycles. The summed E-state index contributed by atoms with van der Waals surface area (Å²) in [4.78, 5) is 20.6. The molecule has 0 spiro atoms. The minimum atomic E-state index is -0.0622.